The Kier molecular flexibility index (Phi) is 7.79. The van der Waals surface area contributed by atoms with Crippen molar-refractivity contribution in [3.63, 3.8) is 0 Å². The second-order valence-electron chi connectivity index (χ2n) is 16.7. The zero-order valence-electron chi connectivity index (χ0n) is 34.7. The molecule has 0 fully saturated rings. The molecule has 0 aliphatic heterocycles. The van der Waals surface area contributed by atoms with Gasteiger partial charge >= 0.3 is 0 Å². The van der Waals surface area contributed by atoms with Crippen molar-refractivity contribution < 1.29 is 4.42 Å². The summed E-state index contributed by atoms with van der Waals surface area (Å²) in [4.78, 5) is 16.0. The summed E-state index contributed by atoms with van der Waals surface area (Å²) in [6, 6.07) is 73.4. The highest BCUT2D eigenvalue weighted by Crippen LogP contribution is 2.47. The van der Waals surface area contributed by atoms with Gasteiger partial charge in [0.1, 0.15) is 11.2 Å². The minimum absolute atomic E-state index is 0.549. The predicted molar refractivity (Wildman–Crippen MR) is 271 cm³/mol. The summed E-state index contributed by atoms with van der Waals surface area (Å²) in [5, 5.41) is 11.8. The van der Waals surface area contributed by atoms with E-state index < -0.39 is 0 Å². The smallest absolute Gasteiger partial charge is 0.167 e. The van der Waals surface area contributed by atoms with Crippen LogP contribution in [-0.4, -0.2) is 19.5 Å². The number of aromatic nitrogens is 4. The molecule has 10 aromatic carbocycles. The average Bonchev–Trinajstić information content (AvgIpc) is 4.05. The zero-order chi connectivity index (χ0) is 42.6. The molecule has 0 unspecified atom stereocenters. The Morgan fingerprint density at radius 3 is 1.91 bits per heavy atom. The van der Waals surface area contributed by atoms with Gasteiger partial charge in [-0.05, 0) is 93.3 Å². The lowest BCUT2D eigenvalue weighted by molar-refractivity contribution is 0.669. The molecule has 0 bridgehead atoms. The number of furan rings is 1. The highest BCUT2D eigenvalue weighted by Gasteiger charge is 2.24. The molecule has 0 spiro atoms. The van der Waals surface area contributed by atoms with Gasteiger partial charge in [-0.25, -0.2) is 15.0 Å². The van der Waals surface area contributed by atoms with Crippen LogP contribution >= 0.6 is 11.3 Å². The van der Waals surface area contributed by atoms with E-state index in [1.54, 1.807) is 0 Å². The number of hydrogen-bond acceptors (Lipinski definition) is 5. The van der Waals surface area contributed by atoms with E-state index in [0.29, 0.717) is 17.5 Å². The largest absolute Gasteiger partial charge is 0.455 e. The number of nitrogens with zero attached hydrogens (tertiary/aromatic N) is 4. The number of thiophene rings is 1. The molecule has 302 valence electrons. The molecule has 6 heteroatoms. The van der Waals surface area contributed by atoms with Crippen molar-refractivity contribution in [3.8, 4) is 51.0 Å². The molecule has 14 rings (SSSR count). The van der Waals surface area contributed by atoms with Crippen LogP contribution in [0.1, 0.15) is 0 Å². The standard InChI is InChI=1S/C59H34N4OS/c1-2-15-35(16-3-1)57-60-58(62-59(61-57)46-25-14-24-43-42-22-9-12-27-52(42)64-55(43)46)44-30-29-39(63-50-26-11-8-21-41(50)48-31-36-17-4-5-18-37(36)33-51(48)63)34-47(44)49-32-38-19-6-7-20-40(38)56-54(49)45-23-10-13-28-53(45)65-56/h1-34H. The highest BCUT2D eigenvalue weighted by atomic mass is 32.1. The molecular formula is C59H34N4OS. The first kappa shape index (κ1) is 36.1. The number of benzene rings is 10. The van der Waals surface area contributed by atoms with Gasteiger partial charge in [0.25, 0.3) is 0 Å². The average molecular weight is 847 g/mol. The van der Waals surface area contributed by atoms with Crippen LogP contribution in [0.15, 0.2) is 211 Å². The van der Waals surface area contributed by atoms with Crippen molar-refractivity contribution in [1.29, 1.82) is 0 Å². The molecule has 0 aliphatic rings. The van der Waals surface area contributed by atoms with E-state index in [1.165, 1.54) is 52.5 Å². The Balaban J connectivity index is 1.10. The molecule has 5 nitrogen and oxygen atoms in total. The first-order chi connectivity index (χ1) is 32.2. The molecule has 0 amide bonds. The van der Waals surface area contributed by atoms with Crippen molar-refractivity contribution in [2.75, 3.05) is 0 Å². The molecule has 65 heavy (non-hydrogen) atoms. The predicted octanol–water partition coefficient (Wildman–Crippen LogP) is 16.2. The summed E-state index contributed by atoms with van der Waals surface area (Å²) in [5.74, 6) is 1.72. The molecule has 0 N–H and O–H groups in total. The lowest BCUT2D eigenvalue weighted by Crippen LogP contribution is -2.02. The van der Waals surface area contributed by atoms with Gasteiger partial charge in [0.2, 0.25) is 0 Å². The Labute approximate surface area is 376 Å². The number of fused-ring (bicyclic) bond motifs is 12. The van der Waals surface area contributed by atoms with Crippen molar-refractivity contribution in [2.24, 2.45) is 0 Å². The van der Waals surface area contributed by atoms with Gasteiger partial charge in [-0.1, -0.05) is 146 Å². The monoisotopic (exact) mass is 846 g/mol. The number of para-hydroxylation sites is 3. The molecule has 0 atom stereocenters. The van der Waals surface area contributed by atoms with Crippen LogP contribution in [0.2, 0.25) is 0 Å². The Morgan fingerprint density at radius 1 is 0.385 bits per heavy atom. The lowest BCUT2D eigenvalue weighted by atomic mass is 9.91. The van der Waals surface area contributed by atoms with Gasteiger partial charge in [0.05, 0.1) is 16.6 Å². The minimum Gasteiger partial charge on any atom is -0.455 e. The van der Waals surface area contributed by atoms with E-state index in [-0.39, 0.29) is 0 Å². The van der Waals surface area contributed by atoms with Gasteiger partial charge < -0.3 is 8.98 Å². The Hall–Kier alpha value is -8.45. The van der Waals surface area contributed by atoms with E-state index in [9.17, 15) is 0 Å². The van der Waals surface area contributed by atoms with Crippen LogP contribution in [-0.2, 0) is 0 Å². The first-order valence-electron chi connectivity index (χ1n) is 21.8. The number of rotatable bonds is 5. The highest BCUT2D eigenvalue weighted by molar-refractivity contribution is 7.26. The molecule has 0 saturated carbocycles. The molecule has 14 aromatic rings. The third-order valence-electron chi connectivity index (χ3n) is 13.0. The summed E-state index contributed by atoms with van der Waals surface area (Å²) < 4.78 is 11.5. The third-order valence-corrected chi connectivity index (χ3v) is 14.2. The van der Waals surface area contributed by atoms with Crippen molar-refractivity contribution in [1.82, 2.24) is 19.5 Å². The van der Waals surface area contributed by atoms with Gasteiger partial charge in [-0.15, -0.1) is 11.3 Å². The van der Waals surface area contributed by atoms with Crippen LogP contribution in [0.25, 0.3) is 136 Å². The fourth-order valence-corrected chi connectivity index (χ4v) is 11.3. The van der Waals surface area contributed by atoms with Crippen molar-refractivity contribution in [2.45, 2.75) is 0 Å². The second kappa shape index (κ2) is 14.0. The quantitative estimate of drug-likeness (QED) is 0.173. The molecule has 0 radical (unpaired) electrons. The Bertz CT molecular complexity index is 4260. The van der Waals surface area contributed by atoms with E-state index in [1.807, 2.05) is 47.7 Å². The number of hydrogen-bond donors (Lipinski definition) is 0. The molecular weight excluding hydrogens is 813 g/mol. The minimum atomic E-state index is 0.549. The van der Waals surface area contributed by atoms with Crippen LogP contribution in [0.4, 0.5) is 0 Å². The van der Waals surface area contributed by atoms with E-state index >= 15 is 0 Å². The topological polar surface area (TPSA) is 56.7 Å². The van der Waals surface area contributed by atoms with Crippen LogP contribution in [0.5, 0.6) is 0 Å². The maximum Gasteiger partial charge on any atom is 0.167 e. The van der Waals surface area contributed by atoms with Gasteiger partial charge in [-0.2, -0.15) is 0 Å². The maximum absolute atomic E-state index is 6.60. The Morgan fingerprint density at radius 2 is 1.05 bits per heavy atom. The van der Waals surface area contributed by atoms with Gasteiger partial charge in [0.15, 0.2) is 17.5 Å². The summed E-state index contributed by atoms with van der Waals surface area (Å²) >= 11 is 1.85. The van der Waals surface area contributed by atoms with E-state index in [2.05, 4.69) is 174 Å². The zero-order valence-corrected chi connectivity index (χ0v) is 35.6. The van der Waals surface area contributed by atoms with Gasteiger partial charge in [0, 0.05) is 58.5 Å². The van der Waals surface area contributed by atoms with Crippen LogP contribution in [0, 0.1) is 0 Å². The third kappa shape index (κ3) is 5.54. The fraction of sp³-hybridized carbons (Fsp3) is 0. The molecule has 0 saturated heterocycles. The van der Waals surface area contributed by atoms with E-state index in [4.69, 9.17) is 19.4 Å². The molecule has 4 heterocycles. The molecule has 0 aliphatic carbocycles. The lowest BCUT2D eigenvalue weighted by Gasteiger charge is -2.17. The van der Waals surface area contributed by atoms with Crippen molar-refractivity contribution >= 4 is 96.8 Å². The molecule has 4 aromatic heterocycles. The summed E-state index contributed by atoms with van der Waals surface area (Å²) in [5.41, 5.74) is 9.71. The fourth-order valence-electron chi connectivity index (χ4n) is 10.1. The second-order valence-corrected chi connectivity index (χ2v) is 17.8. The summed E-state index contributed by atoms with van der Waals surface area (Å²) in [6.07, 6.45) is 0. The van der Waals surface area contributed by atoms with Gasteiger partial charge in [-0.3, -0.25) is 0 Å². The van der Waals surface area contributed by atoms with Crippen LogP contribution in [0.3, 0.4) is 0 Å². The first-order valence-corrected chi connectivity index (χ1v) is 22.7. The summed E-state index contributed by atoms with van der Waals surface area (Å²) in [6.45, 7) is 0. The normalized spacial score (nSPS) is 12.0. The SMILES string of the molecule is c1ccc(-c2nc(-c3ccc(-n4c5ccccc5c5cc6ccccc6cc54)cc3-c3cc4ccccc4c4sc5ccccc5c34)nc(-c3cccc4c3oc3ccccc34)n2)cc1. The summed E-state index contributed by atoms with van der Waals surface area (Å²) in [7, 11) is 0. The van der Waals surface area contributed by atoms with E-state index in [0.717, 1.165) is 66.5 Å². The maximum atomic E-state index is 6.60. The van der Waals surface area contributed by atoms with Crippen LogP contribution < -0.4 is 0 Å². The van der Waals surface area contributed by atoms with Crippen molar-refractivity contribution in [3.05, 3.63) is 206 Å².